The summed E-state index contributed by atoms with van der Waals surface area (Å²) in [5.41, 5.74) is 6.49. The fourth-order valence-corrected chi connectivity index (χ4v) is 1.36. The number of para-hydroxylation sites is 1. The Morgan fingerprint density at radius 3 is 1.75 bits per heavy atom. The molecule has 0 bridgehead atoms. The minimum absolute atomic E-state index is 0.0352. The average Bonchev–Trinajstić information content (AvgIpc) is 2.33. The van der Waals surface area contributed by atoms with E-state index in [4.69, 9.17) is 10.0 Å². The van der Waals surface area contributed by atoms with Crippen LogP contribution in [-0.2, 0) is 0 Å². The summed E-state index contributed by atoms with van der Waals surface area (Å²) in [6, 6.07) is 19.8. The molecule has 84 valence electrons. The van der Waals surface area contributed by atoms with Crippen molar-refractivity contribution in [2.24, 2.45) is 5.50 Å². The second-order valence-electron chi connectivity index (χ2n) is 3.19. The van der Waals surface area contributed by atoms with Crippen LogP contribution in [0.4, 0.5) is 0 Å². The van der Waals surface area contributed by atoms with Gasteiger partial charge in [0.2, 0.25) is 0 Å². The number of nitrogens with two attached hydrogens (primary N) is 1. The van der Waals surface area contributed by atoms with Crippen molar-refractivity contribution in [3.8, 4) is 5.75 Å². The smallest absolute Gasteiger partial charge is 0.143 e. The summed E-state index contributed by atoms with van der Waals surface area (Å²) >= 11 is 0. The Hall–Kier alpha value is -1.37. The Kier molecular flexibility index (Phi) is 6.24. The third-order valence-corrected chi connectivity index (χ3v) is 2.21. The lowest BCUT2D eigenvalue weighted by atomic mass is 10.2. The molecule has 1 unspecified atom stereocenters. The number of hydrogen-bond donors (Lipinski definition) is 1. The lowest BCUT2D eigenvalue weighted by molar-refractivity contribution is 0.632. The molecular formula is C13H16NOP. The molecule has 2 aromatic carbocycles. The van der Waals surface area contributed by atoms with Crippen LogP contribution in [0.3, 0.4) is 0 Å². The Bertz CT molecular complexity index is 378. The average molecular weight is 233 g/mol. The number of aryl methyl sites for hydroxylation is 1. The first-order valence-electron chi connectivity index (χ1n) is 5.02. The summed E-state index contributed by atoms with van der Waals surface area (Å²) < 4.78 is 5.01. The lowest BCUT2D eigenvalue weighted by Crippen LogP contribution is -1.81. The number of benzene rings is 2. The topological polar surface area (TPSA) is 35.2 Å². The van der Waals surface area contributed by atoms with E-state index in [-0.39, 0.29) is 8.96 Å². The predicted molar refractivity (Wildman–Crippen MR) is 70.8 cm³/mol. The van der Waals surface area contributed by atoms with Gasteiger partial charge in [-0.15, -0.1) is 0 Å². The molecule has 0 fully saturated rings. The largest absolute Gasteiger partial charge is 0.461 e. The lowest BCUT2D eigenvalue weighted by Gasteiger charge is -1.98. The van der Waals surface area contributed by atoms with Gasteiger partial charge in [0.15, 0.2) is 0 Å². The molecule has 0 amide bonds. The van der Waals surface area contributed by atoms with Gasteiger partial charge in [0.05, 0.1) is 0 Å². The van der Waals surface area contributed by atoms with Gasteiger partial charge >= 0.3 is 0 Å². The van der Waals surface area contributed by atoms with Gasteiger partial charge in [-0.25, -0.2) is 0 Å². The maximum absolute atomic E-state index is 5.17. The van der Waals surface area contributed by atoms with E-state index in [1.807, 2.05) is 48.5 Å². The van der Waals surface area contributed by atoms with Crippen molar-refractivity contribution >= 4 is 8.96 Å². The highest BCUT2D eigenvalue weighted by Crippen LogP contribution is 2.13. The SMILES string of the molecule is Cc1ccccc1.NPOc1ccccc1. The molecule has 3 heteroatoms. The van der Waals surface area contributed by atoms with E-state index < -0.39 is 0 Å². The Labute approximate surface area is 98.4 Å². The molecule has 0 aliphatic rings. The standard InChI is InChI=1S/C7H8.C6H8NOP/c1-7-5-3-2-4-6-7;7-9-8-6-4-2-1-3-5-6/h2-6H,1H3;1-5,9H,7H2. The van der Waals surface area contributed by atoms with Gasteiger partial charge in [-0.1, -0.05) is 54.1 Å². The van der Waals surface area contributed by atoms with E-state index in [9.17, 15) is 0 Å². The zero-order valence-electron chi connectivity index (χ0n) is 9.26. The summed E-state index contributed by atoms with van der Waals surface area (Å²) in [5, 5.41) is 0. The van der Waals surface area contributed by atoms with Crippen molar-refractivity contribution in [3.63, 3.8) is 0 Å². The highest BCUT2D eigenvalue weighted by Gasteiger charge is 1.84. The minimum atomic E-state index is 0.0352. The van der Waals surface area contributed by atoms with Crippen LogP contribution in [0.5, 0.6) is 5.75 Å². The van der Waals surface area contributed by atoms with Crippen molar-refractivity contribution in [1.29, 1.82) is 0 Å². The minimum Gasteiger partial charge on any atom is -0.461 e. The molecule has 2 rings (SSSR count). The van der Waals surface area contributed by atoms with Crippen LogP contribution < -0.4 is 10.0 Å². The first-order chi connectivity index (χ1) is 7.83. The summed E-state index contributed by atoms with van der Waals surface area (Å²) in [4.78, 5) is 0. The third kappa shape index (κ3) is 5.50. The quantitative estimate of drug-likeness (QED) is 0.805. The predicted octanol–water partition coefficient (Wildman–Crippen LogP) is 3.53. The zero-order valence-corrected chi connectivity index (χ0v) is 10.3. The van der Waals surface area contributed by atoms with Crippen LogP contribution in [0.15, 0.2) is 60.7 Å². The molecule has 2 N–H and O–H groups in total. The Morgan fingerprint density at radius 2 is 1.38 bits per heavy atom. The van der Waals surface area contributed by atoms with Crippen molar-refractivity contribution in [2.45, 2.75) is 6.92 Å². The first-order valence-corrected chi connectivity index (χ1v) is 6.00. The molecule has 2 nitrogen and oxygen atoms in total. The molecule has 2 aromatic rings. The third-order valence-electron chi connectivity index (χ3n) is 1.86. The molecular weight excluding hydrogens is 217 g/mol. The zero-order chi connectivity index (χ0) is 11.6. The van der Waals surface area contributed by atoms with E-state index in [1.54, 1.807) is 0 Å². The van der Waals surface area contributed by atoms with Gasteiger partial charge < -0.3 is 4.52 Å². The van der Waals surface area contributed by atoms with Crippen LogP contribution in [-0.4, -0.2) is 0 Å². The van der Waals surface area contributed by atoms with Crippen LogP contribution in [0.1, 0.15) is 5.56 Å². The summed E-state index contributed by atoms with van der Waals surface area (Å²) in [5.74, 6) is 0.832. The van der Waals surface area contributed by atoms with Crippen molar-refractivity contribution in [1.82, 2.24) is 0 Å². The molecule has 0 radical (unpaired) electrons. The summed E-state index contributed by atoms with van der Waals surface area (Å²) in [7, 11) is 0.0352. The molecule has 0 heterocycles. The molecule has 0 aromatic heterocycles. The molecule has 0 saturated heterocycles. The van der Waals surface area contributed by atoms with Crippen molar-refractivity contribution < 1.29 is 4.52 Å². The molecule has 1 atom stereocenters. The van der Waals surface area contributed by atoms with Crippen LogP contribution in [0.25, 0.3) is 0 Å². The first kappa shape index (κ1) is 12.7. The highest BCUT2D eigenvalue weighted by atomic mass is 31.1. The van der Waals surface area contributed by atoms with Crippen LogP contribution in [0, 0.1) is 6.92 Å². The van der Waals surface area contributed by atoms with E-state index in [0.717, 1.165) is 5.75 Å². The van der Waals surface area contributed by atoms with Gasteiger partial charge in [0.1, 0.15) is 14.7 Å². The second kappa shape index (κ2) is 7.86. The van der Waals surface area contributed by atoms with Crippen molar-refractivity contribution in [3.05, 3.63) is 66.2 Å². The Balaban J connectivity index is 0.000000165. The van der Waals surface area contributed by atoms with E-state index in [0.29, 0.717) is 0 Å². The Morgan fingerprint density at radius 1 is 0.875 bits per heavy atom. The maximum Gasteiger partial charge on any atom is 0.143 e. The van der Waals surface area contributed by atoms with E-state index in [1.165, 1.54) is 5.56 Å². The summed E-state index contributed by atoms with van der Waals surface area (Å²) in [6.07, 6.45) is 0. The second-order valence-corrected chi connectivity index (χ2v) is 3.63. The van der Waals surface area contributed by atoms with Crippen LogP contribution in [0.2, 0.25) is 0 Å². The van der Waals surface area contributed by atoms with Gasteiger partial charge in [-0.05, 0) is 19.1 Å². The van der Waals surface area contributed by atoms with E-state index >= 15 is 0 Å². The highest BCUT2D eigenvalue weighted by molar-refractivity contribution is 7.29. The molecule has 0 saturated carbocycles. The van der Waals surface area contributed by atoms with E-state index in [2.05, 4.69) is 19.1 Å². The fourth-order valence-electron chi connectivity index (χ4n) is 1.09. The molecule has 16 heavy (non-hydrogen) atoms. The monoisotopic (exact) mass is 233 g/mol. The maximum atomic E-state index is 5.17. The van der Waals surface area contributed by atoms with Crippen LogP contribution >= 0.6 is 8.96 Å². The molecule has 0 aliphatic heterocycles. The van der Waals surface area contributed by atoms with Crippen molar-refractivity contribution in [2.75, 3.05) is 0 Å². The van der Waals surface area contributed by atoms with Gasteiger partial charge in [0.25, 0.3) is 0 Å². The normalized spacial score (nSPS) is 9.62. The summed E-state index contributed by atoms with van der Waals surface area (Å²) in [6.45, 7) is 2.08. The fraction of sp³-hybridized carbons (Fsp3) is 0.0769. The molecule has 0 aliphatic carbocycles. The van der Waals surface area contributed by atoms with Gasteiger partial charge in [0, 0.05) is 0 Å². The number of rotatable bonds is 2. The van der Waals surface area contributed by atoms with Gasteiger partial charge in [-0.3, -0.25) is 5.50 Å². The molecule has 0 spiro atoms. The number of hydrogen-bond acceptors (Lipinski definition) is 2. The van der Waals surface area contributed by atoms with Gasteiger partial charge in [-0.2, -0.15) is 0 Å².